The highest BCUT2D eigenvalue weighted by molar-refractivity contribution is 5.85. The van der Waals surface area contributed by atoms with E-state index in [0.29, 0.717) is 25.7 Å². The quantitative estimate of drug-likeness (QED) is 0.0701. The number of ether oxygens (including phenoxy) is 8. The number of cyclic esters (lactones) is 1. The lowest BCUT2D eigenvalue weighted by atomic mass is 9.43. The van der Waals surface area contributed by atoms with Crippen LogP contribution in [0.1, 0.15) is 78.1 Å². The van der Waals surface area contributed by atoms with E-state index in [1.807, 2.05) is 0 Å². The largest absolute Gasteiger partial charge is 0.458 e. The molecule has 0 aromatic heterocycles. The number of carbonyl (C=O) groups excluding carboxylic acids is 2. The second-order valence-corrected chi connectivity index (χ2v) is 19.0. The first-order valence-electron chi connectivity index (χ1n) is 21.8. The molecule has 18 nitrogen and oxygen atoms in total. The van der Waals surface area contributed by atoms with Crippen molar-refractivity contribution in [1.82, 2.24) is 0 Å². The van der Waals surface area contributed by atoms with Gasteiger partial charge in [0, 0.05) is 30.4 Å². The van der Waals surface area contributed by atoms with Gasteiger partial charge in [-0.1, -0.05) is 6.92 Å². The molecule has 0 bridgehead atoms. The topological polar surface area (TPSA) is 270 Å². The number of methoxy groups -OCH3 is 1. The highest BCUT2D eigenvalue weighted by Crippen LogP contribution is 2.69. The van der Waals surface area contributed by atoms with E-state index in [4.69, 9.17) is 37.9 Å². The lowest BCUT2D eigenvalue weighted by molar-refractivity contribution is -0.355. The molecular weight excluding hydrogens is 792 g/mol. The summed E-state index contributed by atoms with van der Waals surface area (Å²) >= 11 is 0. The van der Waals surface area contributed by atoms with E-state index >= 15 is 0 Å². The van der Waals surface area contributed by atoms with Gasteiger partial charge in [0.15, 0.2) is 18.9 Å². The number of aliphatic hydroxyl groups excluding tert-OH is 7. The Bertz CT molecular complexity index is 1580. The summed E-state index contributed by atoms with van der Waals surface area (Å²) < 4.78 is 47.0. The molecule has 22 unspecified atom stereocenters. The minimum atomic E-state index is -1.73. The van der Waals surface area contributed by atoms with Gasteiger partial charge in [-0.3, -0.25) is 0 Å². The number of hydrogen-bond acceptors (Lipinski definition) is 18. The number of rotatable bonds is 11. The fourth-order valence-electron chi connectivity index (χ4n) is 12.9. The summed E-state index contributed by atoms with van der Waals surface area (Å²) in [6.45, 7) is 3.05. The van der Waals surface area contributed by atoms with Crippen LogP contribution in [0.2, 0.25) is 0 Å². The van der Waals surface area contributed by atoms with E-state index < -0.39 is 116 Å². The zero-order valence-corrected chi connectivity index (χ0v) is 34.5. The molecular formula is C42H64O18. The number of aliphatic hydroxyl groups is 8. The summed E-state index contributed by atoms with van der Waals surface area (Å²) in [6.07, 6.45) is -8.82. The van der Waals surface area contributed by atoms with E-state index in [1.54, 1.807) is 13.0 Å². The van der Waals surface area contributed by atoms with Crippen LogP contribution in [0, 0.1) is 34.5 Å². The molecule has 0 amide bonds. The Morgan fingerprint density at radius 2 is 1.53 bits per heavy atom. The normalized spacial score (nSPS) is 53.1. The van der Waals surface area contributed by atoms with Gasteiger partial charge in [-0.15, -0.1) is 0 Å². The Balaban J connectivity index is 0.870. The summed E-state index contributed by atoms with van der Waals surface area (Å²) in [6, 6.07) is 0. The number of hydrogen-bond donors (Lipinski definition) is 8. The second-order valence-electron chi connectivity index (χ2n) is 19.0. The molecule has 18 heteroatoms. The standard InChI is InChI=1S/C42H64O18/c1-19-37(60-39-36(51)34(49)32(47)28(59-39)17-55-38-35(50)33(48)31(46)27(15-43)58-38)26(53-3)14-30(56-19)57-22-6-10-41(18-44)21(13-22)4-5-25-24(41)7-9-40(2)23(8-11-42(25,40)52)20-12-29(45)54-16-20/h12,18-19,21-28,30-39,43,46-52H,4-11,13-17H2,1-3H3. The van der Waals surface area contributed by atoms with Gasteiger partial charge in [0.25, 0.3) is 0 Å². The minimum absolute atomic E-state index is 0.0120. The fraction of sp³-hybridized carbons (Fsp3) is 0.905. The van der Waals surface area contributed by atoms with E-state index in [2.05, 4.69) is 6.92 Å². The lowest BCUT2D eigenvalue weighted by Crippen LogP contribution is -2.63. The maximum atomic E-state index is 13.3. The number of carbonyl (C=O) groups is 2. The molecule has 3 saturated heterocycles. The summed E-state index contributed by atoms with van der Waals surface area (Å²) in [5.74, 6) is -0.110. The highest BCUT2D eigenvalue weighted by Gasteiger charge is 2.69. The van der Waals surface area contributed by atoms with Crippen LogP contribution in [0.4, 0.5) is 0 Å². The van der Waals surface area contributed by atoms with Crippen molar-refractivity contribution in [3.63, 3.8) is 0 Å². The predicted molar refractivity (Wildman–Crippen MR) is 202 cm³/mol. The van der Waals surface area contributed by atoms with Gasteiger partial charge in [0.1, 0.15) is 67.8 Å². The van der Waals surface area contributed by atoms with Gasteiger partial charge in [0.05, 0.1) is 37.1 Å². The molecule has 4 aliphatic heterocycles. The molecule has 4 heterocycles. The third kappa shape index (κ3) is 7.51. The number of esters is 1. The first kappa shape index (κ1) is 44.9. The van der Waals surface area contributed by atoms with Crippen LogP contribution in [0.25, 0.3) is 0 Å². The van der Waals surface area contributed by atoms with E-state index in [9.17, 15) is 50.4 Å². The first-order chi connectivity index (χ1) is 28.6. The minimum Gasteiger partial charge on any atom is -0.458 e. The lowest BCUT2D eigenvalue weighted by Gasteiger charge is -2.63. The molecule has 0 spiro atoms. The molecule has 340 valence electrons. The van der Waals surface area contributed by atoms with Crippen molar-refractivity contribution in [3.8, 4) is 0 Å². The summed E-state index contributed by atoms with van der Waals surface area (Å²) in [7, 11) is 1.51. The fourth-order valence-corrected chi connectivity index (χ4v) is 12.9. The van der Waals surface area contributed by atoms with Crippen LogP contribution in [0.3, 0.4) is 0 Å². The molecule has 22 atom stereocenters. The molecule has 0 radical (unpaired) electrons. The Labute approximate surface area is 349 Å². The molecule has 0 aromatic rings. The van der Waals surface area contributed by atoms with Gasteiger partial charge in [-0.2, -0.15) is 0 Å². The average molecular weight is 857 g/mol. The third-order valence-electron chi connectivity index (χ3n) is 16.2. The van der Waals surface area contributed by atoms with Gasteiger partial charge in [-0.25, -0.2) is 4.79 Å². The van der Waals surface area contributed by atoms with Crippen molar-refractivity contribution in [2.45, 2.75) is 176 Å². The van der Waals surface area contributed by atoms with Crippen molar-refractivity contribution >= 4 is 12.3 Å². The van der Waals surface area contributed by atoms with E-state index in [1.165, 1.54) is 13.4 Å². The maximum absolute atomic E-state index is 13.3. The monoisotopic (exact) mass is 856 g/mol. The first-order valence-corrected chi connectivity index (χ1v) is 21.8. The molecule has 8 aliphatic rings. The highest BCUT2D eigenvalue weighted by atomic mass is 16.8. The van der Waals surface area contributed by atoms with Gasteiger partial charge in [-0.05, 0) is 94.0 Å². The number of aldehydes is 1. The Hall–Kier alpha value is -1.72. The van der Waals surface area contributed by atoms with Crippen LogP contribution >= 0.6 is 0 Å². The van der Waals surface area contributed by atoms with Crippen molar-refractivity contribution < 1.29 is 88.3 Å². The van der Waals surface area contributed by atoms with Crippen molar-refractivity contribution in [2.24, 2.45) is 34.5 Å². The molecule has 4 saturated carbocycles. The van der Waals surface area contributed by atoms with Crippen molar-refractivity contribution in [2.75, 3.05) is 26.9 Å². The maximum Gasteiger partial charge on any atom is 0.331 e. The van der Waals surface area contributed by atoms with Gasteiger partial charge < -0.3 is 83.5 Å². The number of fused-ring (bicyclic) bond motifs is 5. The Morgan fingerprint density at radius 1 is 0.817 bits per heavy atom. The average Bonchev–Trinajstić information content (AvgIpc) is 3.79. The van der Waals surface area contributed by atoms with E-state index in [-0.39, 0.29) is 48.8 Å². The van der Waals surface area contributed by atoms with Gasteiger partial charge >= 0.3 is 5.97 Å². The van der Waals surface area contributed by atoms with E-state index in [0.717, 1.165) is 37.7 Å². The molecule has 4 aliphatic carbocycles. The summed E-state index contributed by atoms with van der Waals surface area (Å²) in [5, 5.41) is 85.0. The molecule has 60 heavy (non-hydrogen) atoms. The molecule has 8 rings (SSSR count). The Kier molecular flexibility index (Phi) is 13.0. The summed E-state index contributed by atoms with van der Waals surface area (Å²) in [4.78, 5) is 25.2. The smallest absolute Gasteiger partial charge is 0.331 e. The van der Waals surface area contributed by atoms with Crippen LogP contribution in [0.5, 0.6) is 0 Å². The van der Waals surface area contributed by atoms with Crippen LogP contribution < -0.4 is 0 Å². The van der Waals surface area contributed by atoms with Crippen LogP contribution in [-0.4, -0.2) is 178 Å². The van der Waals surface area contributed by atoms with Crippen LogP contribution in [-0.2, 0) is 47.5 Å². The molecule has 0 aromatic carbocycles. The van der Waals surface area contributed by atoms with Crippen molar-refractivity contribution in [1.29, 1.82) is 0 Å². The molecule has 7 fully saturated rings. The third-order valence-corrected chi connectivity index (χ3v) is 16.2. The Morgan fingerprint density at radius 3 is 2.22 bits per heavy atom. The van der Waals surface area contributed by atoms with Crippen molar-refractivity contribution in [3.05, 3.63) is 11.6 Å². The zero-order chi connectivity index (χ0) is 42.9. The SMILES string of the molecule is COC1CC(OC2CCC3(C=O)C(CCC4C3CCC3(C)C(C5=CC(=O)OC5)CCC43O)C2)OC(C)C1OC1OC(COC2OC(CO)C(O)C(O)C2O)C(O)C(O)C1O. The van der Waals surface area contributed by atoms with Gasteiger partial charge in [0.2, 0.25) is 0 Å². The van der Waals surface area contributed by atoms with Crippen LogP contribution in [0.15, 0.2) is 11.6 Å². The zero-order valence-electron chi connectivity index (χ0n) is 34.5. The summed E-state index contributed by atoms with van der Waals surface area (Å²) in [5.41, 5.74) is -0.906. The second kappa shape index (κ2) is 17.3. The molecule has 8 N–H and O–H groups in total. The predicted octanol–water partition coefficient (Wildman–Crippen LogP) is -1.03.